The first-order chi connectivity index (χ1) is 11.8. The molecule has 0 N–H and O–H groups in total. The van der Waals surface area contributed by atoms with Crippen molar-refractivity contribution in [2.75, 3.05) is 49.7 Å². The monoisotopic (exact) mass is 326 g/mol. The van der Waals surface area contributed by atoms with Crippen LogP contribution in [0.25, 0.3) is 11.3 Å². The molecule has 1 aliphatic rings. The molecule has 0 saturated carbocycles. The number of ether oxygens (including phenoxy) is 1. The molecule has 0 amide bonds. The fourth-order valence-electron chi connectivity index (χ4n) is 2.80. The first kappa shape index (κ1) is 16.7. The molecule has 1 fully saturated rings. The highest BCUT2D eigenvalue weighted by Gasteiger charge is 2.17. The number of nitrogens with zero attached hydrogens (tertiary/aromatic N) is 4. The van der Waals surface area contributed by atoms with Crippen LogP contribution in [0.4, 0.5) is 11.8 Å². The summed E-state index contributed by atoms with van der Waals surface area (Å²) in [6.45, 7) is 6.44. The molecule has 2 heterocycles. The maximum Gasteiger partial charge on any atom is 0.227 e. The quantitative estimate of drug-likeness (QED) is 0.815. The van der Waals surface area contributed by atoms with Gasteiger partial charge in [0, 0.05) is 38.3 Å². The zero-order valence-corrected chi connectivity index (χ0v) is 14.6. The second-order valence-electron chi connectivity index (χ2n) is 6.15. The Morgan fingerprint density at radius 1 is 1.12 bits per heavy atom. The molecule has 1 aromatic carbocycles. The van der Waals surface area contributed by atoms with Crippen LogP contribution in [0, 0.1) is 0 Å². The van der Waals surface area contributed by atoms with Crippen LogP contribution in [-0.4, -0.2) is 49.9 Å². The van der Waals surface area contributed by atoms with Gasteiger partial charge in [0.15, 0.2) is 0 Å². The van der Waals surface area contributed by atoms with Gasteiger partial charge in [0.25, 0.3) is 0 Å². The van der Waals surface area contributed by atoms with Crippen molar-refractivity contribution < 1.29 is 4.74 Å². The Hall–Kier alpha value is -2.14. The number of benzene rings is 1. The van der Waals surface area contributed by atoms with Crippen molar-refractivity contribution in [2.45, 2.75) is 19.8 Å². The number of aromatic nitrogens is 2. The highest BCUT2D eigenvalue weighted by molar-refractivity contribution is 5.65. The van der Waals surface area contributed by atoms with Crippen LogP contribution in [0.15, 0.2) is 36.4 Å². The summed E-state index contributed by atoms with van der Waals surface area (Å²) in [6.07, 6.45) is 2.31. The average molecular weight is 326 g/mol. The summed E-state index contributed by atoms with van der Waals surface area (Å²) >= 11 is 0. The van der Waals surface area contributed by atoms with Crippen LogP contribution in [0.2, 0.25) is 0 Å². The topological polar surface area (TPSA) is 41.5 Å². The van der Waals surface area contributed by atoms with Crippen LogP contribution in [0.1, 0.15) is 19.8 Å². The lowest BCUT2D eigenvalue weighted by molar-refractivity contribution is 0.122. The van der Waals surface area contributed by atoms with E-state index in [0.717, 1.165) is 62.3 Å². The number of hydrogen-bond donors (Lipinski definition) is 0. The fraction of sp³-hybridized carbons (Fsp3) is 0.474. The molecule has 0 unspecified atom stereocenters. The minimum Gasteiger partial charge on any atom is -0.378 e. The molecule has 5 nitrogen and oxygen atoms in total. The summed E-state index contributed by atoms with van der Waals surface area (Å²) in [5, 5.41) is 0. The van der Waals surface area contributed by atoms with Gasteiger partial charge in [-0.3, -0.25) is 0 Å². The second kappa shape index (κ2) is 8.11. The first-order valence-electron chi connectivity index (χ1n) is 8.76. The zero-order valence-electron chi connectivity index (χ0n) is 14.6. The Kier molecular flexibility index (Phi) is 5.64. The van der Waals surface area contributed by atoms with Gasteiger partial charge >= 0.3 is 0 Å². The Morgan fingerprint density at radius 2 is 1.88 bits per heavy atom. The molecule has 128 valence electrons. The predicted octanol–water partition coefficient (Wildman–Crippen LogP) is 3.22. The molecule has 0 radical (unpaired) electrons. The van der Waals surface area contributed by atoms with Gasteiger partial charge in [0.05, 0.1) is 18.9 Å². The third-order valence-corrected chi connectivity index (χ3v) is 4.29. The highest BCUT2D eigenvalue weighted by atomic mass is 16.5. The van der Waals surface area contributed by atoms with E-state index in [1.54, 1.807) is 0 Å². The van der Waals surface area contributed by atoms with Gasteiger partial charge in [0.2, 0.25) is 5.95 Å². The van der Waals surface area contributed by atoms with Crippen molar-refractivity contribution in [1.29, 1.82) is 0 Å². The van der Waals surface area contributed by atoms with E-state index in [9.17, 15) is 0 Å². The normalized spacial score (nSPS) is 14.7. The van der Waals surface area contributed by atoms with Crippen LogP contribution < -0.4 is 9.80 Å². The maximum atomic E-state index is 5.47. The molecule has 1 aromatic heterocycles. The Balaban J connectivity index is 1.95. The van der Waals surface area contributed by atoms with Crippen molar-refractivity contribution in [3.8, 4) is 11.3 Å². The van der Waals surface area contributed by atoms with E-state index in [2.05, 4.69) is 42.0 Å². The largest absolute Gasteiger partial charge is 0.378 e. The number of morpholine rings is 1. The van der Waals surface area contributed by atoms with Crippen molar-refractivity contribution in [3.63, 3.8) is 0 Å². The third kappa shape index (κ3) is 4.03. The fourth-order valence-corrected chi connectivity index (χ4v) is 2.80. The molecule has 1 aliphatic heterocycles. The smallest absolute Gasteiger partial charge is 0.227 e. The molecule has 2 aromatic rings. The summed E-state index contributed by atoms with van der Waals surface area (Å²) in [6, 6.07) is 12.4. The number of hydrogen-bond acceptors (Lipinski definition) is 5. The summed E-state index contributed by atoms with van der Waals surface area (Å²) in [5.41, 5.74) is 2.10. The predicted molar refractivity (Wildman–Crippen MR) is 98.7 cm³/mol. The van der Waals surface area contributed by atoms with Crippen molar-refractivity contribution in [3.05, 3.63) is 36.4 Å². The van der Waals surface area contributed by atoms with Crippen LogP contribution >= 0.6 is 0 Å². The minimum atomic E-state index is 0.756. The molecule has 0 bridgehead atoms. The standard InChI is InChI=1S/C19H26N4O/c1-3-4-10-22(2)19-20-17(16-8-6-5-7-9-16)15-18(21-19)23-11-13-24-14-12-23/h5-9,15H,3-4,10-14H2,1-2H3. The van der Waals surface area contributed by atoms with Crippen LogP contribution in [0.3, 0.4) is 0 Å². The van der Waals surface area contributed by atoms with Gasteiger partial charge in [-0.25, -0.2) is 4.98 Å². The van der Waals surface area contributed by atoms with E-state index in [-0.39, 0.29) is 0 Å². The van der Waals surface area contributed by atoms with Gasteiger partial charge < -0.3 is 14.5 Å². The summed E-state index contributed by atoms with van der Waals surface area (Å²) in [7, 11) is 2.07. The summed E-state index contributed by atoms with van der Waals surface area (Å²) < 4.78 is 5.47. The minimum absolute atomic E-state index is 0.756. The molecular formula is C19H26N4O. The Morgan fingerprint density at radius 3 is 2.58 bits per heavy atom. The number of unbranched alkanes of at least 4 members (excludes halogenated alkanes) is 1. The molecule has 5 heteroatoms. The molecule has 0 spiro atoms. The van der Waals surface area contributed by atoms with Crippen molar-refractivity contribution in [1.82, 2.24) is 9.97 Å². The Bertz CT molecular complexity index is 641. The Labute approximate surface area is 144 Å². The SMILES string of the molecule is CCCCN(C)c1nc(-c2ccccc2)cc(N2CCOCC2)n1. The highest BCUT2D eigenvalue weighted by Crippen LogP contribution is 2.25. The van der Waals surface area contributed by atoms with Gasteiger partial charge in [-0.15, -0.1) is 0 Å². The average Bonchev–Trinajstić information content (AvgIpc) is 2.67. The lowest BCUT2D eigenvalue weighted by Crippen LogP contribution is -2.37. The maximum absolute atomic E-state index is 5.47. The zero-order chi connectivity index (χ0) is 16.8. The van der Waals surface area contributed by atoms with E-state index in [0.29, 0.717) is 0 Å². The molecule has 1 saturated heterocycles. The van der Waals surface area contributed by atoms with Crippen molar-refractivity contribution >= 4 is 11.8 Å². The number of anilines is 2. The lowest BCUT2D eigenvalue weighted by Gasteiger charge is -2.29. The molecule has 3 rings (SSSR count). The van der Waals surface area contributed by atoms with E-state index in [4.69, 9.17) is 14.7 Å². The van der Waals surface area contributed by atoms with E-state index in [1.807, 2.05) is 18.2 Å². The van der Waals surface area contributed by atoms with Gasteiger partial charge in [-0.2, -0.15) is 4.98 Å². The van der Waals surface area contributed by atoms with Gasteiger partial charge in [0.1, 0.15) is 5.82 Å². The summed E-state index contributed by atoms with van der Waals surface area (Å²) in [4.78, 5) is 14.1. The van der Waals surface area contributed by atoms with E-state index >= 15 is 0 Å². The van der Waals surface area contributed by atoms with Gasteiger partial charge in [-0.05, 0) is 6.42 Å². The lowest BCUT2D eigenvalue weighted by atomic mass is 10.1. The first-order valence-corrected chi connectivity index (χ1v) is 8.76. The van der Waals surface area contributed by atoms with Gasteiger partial charge in [-0.1, -0.05) is 43.7 Å². The molecule has 0 atom stereocenters. The number of rotatable bonds is 6. The second-order valence-corrected chi connectivity index (χ2v) is 6.15. The van der Waals surface area contributed by atoms with E-state index < -0.39 is 0 Å². The van der Waals surface area contributed by atoms with E-state index in [1.165, 1.54) is 6.42 Å². The molecule has 24 heavy (non-hydrogen) atoms. The third-order valence-electron chi connectivity index (χ3n) is 4.29. The van der Waals surface area contributed by atoms with Crippen molar-refractivity contribution in [2.24, 2.45) is 0 Å². The molecule has 0 aliphatic carbocycles. The van der Waals surface area contributed by atoms with Crippen LogP contribution in [0.5, 0.6) is 0 Å². The van der Waals surface area contributed by atoms with Crippen LogP contribution in [-0.2, 0) is 4.74 Å². The summed E-state index contributed by atoms with van der Waals surface area (Å²) in [5.74, 6) is 1.79. The molecular weight excluding hydrogens is 300 g/mol.